The second-order valence-corrected chi connectivity index (χ2v) is 6.01. The molecule has 1 amide bonds. The Morgan fingerprint density at radius 2 is 2.15 bits per heavy atom. The van der Waals surface area contributed by atoms with Gasteiger partial charge < -0.3 is 5.32 Å². The van der Waals surface area contributed by atoms with Crippen LogP contribution in [-0.4, -0.2) is 15.7 Å². The highest BCUT2D eigenvalue weighted by Crippen LogP contribution is 2.20. The minimum atomic E-state index is -0.134. The van der Waals surface area contributed by atoms with E-state index in [9.17, 15) is 4.79 Å². The molecular formula is C14H16BrN3OS. The van der Waals surface area contributed by atoms with Crippen molar-refractivity contribution in [2.24, 2.45) is 7.05 Å². The van der Waals surface area contributed by atoms with E-state index in [1.54, 1.807) is 12.1 Å². The van der Waals surface area contributed by atoms with Crippen LogP contribution in [0.4, 0.5) is 0 Å². The summed E-state index contributed by atoms with van der Waals surface area (Å²) in [6, 6.07) is 5.39. The standard InChI is InChI=1S/C14H16BrN3OS/c1-8-12(9(2)18(3)17-8)7-16-14(19)11-5-4-10(15)6-13(11)20/h4-6,20H,7H2,1-3H3,(H,16,19). The zero-order valence-corrected chi connectivity index (χ0v) is 14.0. The van der Waals surface area contributed by atoms with E-state index in [0.29, 0.717) is 17.0 Å². The van der Waals surface area contributed by atoms with Crippen LogP contribution in [0, 0.1) is 13.8 Å². The van der Waals surface area contributed by atoms with E-state index in [1.807, 2.05) is 31.6 Å². The van der Waals surface area contributed by atoms with Crippen LogP contribution in [0.2, 0.25) is 0 Å². The largest absolute Gasteiger partial charge is 0.348 e. The van der Waals surface area contributed by atoms with Crippen LogP contribution in [0.15, 0.2) is 27.6 Å². The first-order valence-electron chi connectivity index (χ1n) is 6.16. The summed E-state index contributed by atoms with van der Waals surface area (Å²) in [5.74, 6) is -0.134. The Balaban J connectivity index is 2.12. The highest BCUT2D eigenvalue weighted by molar-refractivity contribution is 9.10. The molecule has 0 saturated heterocycles. The molecule has 1 N–H and O–H groups in total. The second kappa shape index (κ2) is 6.01. The Bertz CT molecular complexity index is 667. The first kappa shape index (κ1) is 15.1. The Morgan fingerprint density at radius 3 is 2.70 bits per heavy atom. The van der Waals surface area contributed by atoms with Crippen molar-refractivity contribution in [1.82, 2.24) is 15.1 Å². The number of aromatic nitrogens is 2. The summed E-state index contributed by atoms with van der Waals surface area (Å²) >= 11 is 7.68. The van der Waals surface area contributed by atoms with Crippen LogP contribution in [0.25, 0.3) is 0 Å². The summed E-state index contributed by atoms with van der Waals surface area (Å²) in [4.78, 5) is 12.8. The van der Waals surface area contributed by atoms with Crippen molar-refractivity contribution >= 4 is 34.5 Å². The van der Waals surface area contributed by atoms with Crippen LogP contribution < -0.4 is 5.32 Å². The topological polar surface area (TPSA) is 46.9 Å². The number of benzene rings is 1. The summed E-state index contributed by atoms with van der Waals surface area (Å²) in [6.45, 7) is 4.40. The monoisotopic (exact) mass is 353 g/mol. The van der Waals surface area contributed by atoms with E-state index in [2.05, 4.69) is 39.0 Å². The lowest BCUT2D eigenvalue weighted by atomic mass is 10.1. The average molecular weight is 354 g/mol. The molecule has 0 spiro atoms. The Hall–Kier alpha value is -1.27. The van der Waals surface area contributed by atoms with Gasteiger partial charge in [0.2, 0.25) is 0 Å². The number of carbonyl (C=O) groups is 1. The molecule has 20 heavy (non-hydrogen) atoms. The second-order valence-electron chi connectivity index (χ2n) is 4.62. The van der Waals surface area contributed by atoms with E-state index in [1.165, 1.54) is 0 Å². The van der Waals surface area contributed by atoms with Crippen molar-refractivity contribution in [3.8, 4) is 0 Å². The summed E-state index contributed by atoms with van der Waals surface area (Å²) in [5.41, 5.74) is 3.62. The van der Waals surface area contributed by atoms with Crippen LogP contribution in [0.3, 0.4) is 0 Å². The van der Waals surface area contributed by atoms with E-state index in [4.69, 9.17) is 0 Å². The fraction of sp³-hybridized carbons (Fsp3) is 0.286. The fourth-order valence-corrected chi connectivity index (χ4v) is 2.89. The maximum atomic E-state index is 12.2. The van der Waals surface area contributed by atoms with Crippen molar-refractivity contribution < 1.29 is 4.79 Å². The molecule has 0 aliphatic carbocycles. The predicted octanol–water partition coefficient (Wildman–Crippen LogP) is 3.02. The van der Waals surface area contributed by atoms with Gasteiger partial charge >= 0.3 is 0 Å². The Kier molecular flexibility index (Phi) is 4.55. The quantitative estimate of drug-likeness (QED) is 0.833. The van der Waals surface area contributed by atoms with Gasteiger partial charge in [-0.1, -0.05) is 15.9 Å². The highest BCUT2D eigenvalue weighted by Gasteiger charge is 2.13. The molecule has 6 heteroatoms. The smallest absolute Gasteiger partial charge is 0.252 e. The molecule has 2 aromatic rings. The number of amides is 1. The van der Waals surface area contributed by atoms with Gasteiger partial charge in [-0.15, -0.1) is 12.6 Å². The minimum absolute atomic E-state index is 0.134. The summed E-state index contributed by atoms with van der Waals surface area (Å²) in [6.07, 6.45) is 0. The molecule has 0 unspecified atom stereocenters. The van der Waals surface area contributed by atoms with Gasteiger partial charge in [0.1, 0.15) is 0 Å². The maximum Gasteiger partial charge on any atom is 0.252 e. The number of carbonyl (C=O) groups excluding carboxylic acids is 1. The molecule has 0 aliphatic heterocycles. The van der Waals surface area contributed by atoms with Gasteiger partial charge in [0.05, 0.1) is 11.3 Å². The minimum Gasteiger partial charge on any atom is -0.348 e. The van der Waals surface area contributed by atoms with E-state index in [-0.39, 0.29) is 5.91 Å². The Labute approximate surface area is 132 Å². The number of nitrogens with one attached hydrogen (secondary N) is 1. The molecule has 0 radical (unpaired) electrons. The molecular weight excluding hydrogens is 338 g/mol. The number of aryl methyl sites for hydroxylation is 2. The van der Waals surface area contributed by atoms with Crippen LogP contribution in [-0.2, 0) is 13.6 Å². The normalized spacial score (nSPS) is 10.7. The molecule has 4 nitrogen and oxygen atoms in total. The molecule has 0 bridgehead atoms. The maximum absolute atomic E-state index is 12.2. The lowest BCUT2D eigenvalue weighted by molar-refractivity contribution is 0.0948. The third kappa shape index (κ3) is 3.07. The number of halogens is 1. The van der Waals surface area contributed by atoms with Crippen molar-refractivity contribution in [3.05, 3.63) is 45.2 Å². The fourth-order valence-electron chi connectivity index (χ4n) is 2.03. The van der Waals surface area contributed by atoms with Crippen molar-refractivity contribution in [3.63, 3.8) is 0 Å². The SMILES string of the molecule is Cc1nn(C)c(C)c1CNC(=O)c1ccc(Br)cc1S. The van der Waals surface area contributed by atoms with Crippen molar-refractivity contribution in [1.29, 1.82) is 0 Å². The van der Waals surface area contributed by atoms with E-state index >= 15 is 0 Å². The van der Waals surface area contributed by atoms with Gasteiger partial charge in [0.15, 0.2) is 0 Å². The first-order valence-corrected chi connectivity index (χ1v) is 7.40. The molecule has 0 saturated carbocycles. The third-order valence-corrected chi connectivity index (χ3v) is 4.15. The number of hydrogen-bond donors (Lipinski definition) is 2. The molecule has 0 fully saturated rings. The first-order chi connectivity index (χ1) is 9.40. The van der Waals surface area contributed by atoms with Gasteiger partial charge in [-0.3, -0.25) is 9.48 Å². The lowest BCUT2D eigenvalue weighted by Crippen LogP contribution is -2.23. The number of nitrogens with zero attached hydrogens (tertiary/aromatic N) is 2. The molecule has 1 heterocycles. The molecule has 1 aromatic carbocycles. The number of thiol groups is 1. The van der Waals surface area contributed by atoms with Gasteiger partial charge in [-0.25, -0.2) is 0 Å². The van der Waals surface area contributed by atoms with Gasteiger partial charge in [-0.2, -0.15) is 5.10 Å². The average Bonchev–Trinajstić information content (AvgIpc) is 2.61. The van der Waals surface area contributed by atoms with Crippen LogP contribution in [0.1, 0.15) is 27.3 Å². The van der Waals surface area contributed by atoms with Gasteiger partial charge in [0.25, 0.3) is 5.91 Å². The Morgan fingerprint density at radius 1 is 1.45 bits per heavy atom. The van der Waals surface area contributed by atoms with E-state index in [0.717, 1.165) is 21.4 Å². The predicted molar refractivity (Wildman–Crippen MR) is 85.2 cm³/mol. The summed E-state index contributed by atoms with van der Waals surface area (Å²) in [5, 5.41) is 7.25. The zero-order chi connectivity index (χ0) is 14.9. The molecule has 0 aliphatic rings. The van der Waals surface area contributed by atoms with Crippen LogP contribution >= 0.6 is 28.6 Å². The van der Waals surface area contributed by atoms with Gasteiger partial charge in [0, 0.05) is 34.2 Å². The number of rotatable bonds is 3. The molecule has 1 aromatic heterocycles. The van der Waals surface area contributed by atoms with Crippen molar-refractivity contribution in [2.75, 3.05) is 0 Å². The molecule has 2 rings (SSSR count). The number of hydrogen-bond acceptors (Lipinski definition) is 3. The zero-order valence-electron chi connectivity index (χ0n) is 11.6. The van der Waals surface area contributed by atoms with Gasteiger partial charge in [-0.05, 0) is 32.0 Å². The highest BCUT2D eigenvalue weighted by atomic mass is 79.9. The van der Waals surface area contributed by atoms with Crippen molar-refractivity contribution in [2.45, 2.75) is 25.3 Å². The summed E-state index contributed by atoms with van der Waals surface area (Å²) in [7, 11) is 1.90. The summed E-state index contributed by atoms with van der Waals surface area (Å²) < 4.78 is 2.72. The molecule has 0 atom stereocenters. The van der Waals surface area contributed by atoms with E-state index < -0.39 is 0 Å². The lowest BCUT2D eigenvalue weighted by Gasteiger charge is -2.08. The van der Waals surface area contributed by atoms with Crippen LogP contribution in [0.5, 0.6) is 0 Å². The third-order valence-electron chi connectivity index (χ3n) is 3.29. The molecule has 106 valence electrons.